The summed E-state index contributed by atoms with van der Waals surface area (Å²) in [6, 6.07) is 7.58. The maximum Gasteiger partial charge on any atom is 0.182 e. The van der Waals surface area contributed by atoms with Crippen molar-refractivity contribution in [2.24, 2.45) is 0 Å². The Hall–Kier alpha value is -1.80. The molecule has 0 aliphatic rings. The van der Waals surface area contributed by atoms with E-state index in [9.17, 15) is 8.42 Å². The van der Waals surface area contributed by atoms with E-state index < -0.39 is 9.84 Å². The van der Waals surface area contributed by atoms with Crippen LogP contribution >= 0.6 is 11.5 Å². The Balaban J connectivity index is 2.36. The van der Waals surface area contributed by atoms with Crippen molar-refractivity contribution < 1.29 is 13.2 Å². The molecule has 0 aliphatic heterocycles. The van der Waals surface area contributed by atoms with Gasteiger partial charge in [0.2, 0.25) is 0 Å². The molecule has 0 bridgehead atoms. The number of aromatic nitrogens is 1. The standard InChI is InChI=1S/C13H17N3O3S2/c1-16(8-9-6-4-5-7-10(9)19-2)13-11(21(3,17)18)12(14)15-20-13/h4-7H,8H2,1-3H3,(H2,14,15). The number of para-hydroxylation sites is 1. The second-order valence-electron chi connectivity index (χ2n) is 4.64. The normalized spacial score (nSPS) is 11.4. The van der Waals surface area contributed by atoms with Crippen LogP contribution in [-0.4, -0.2) is 33.2 Å². The number of methoxy groups -OCH3 is 1. The van der Waals surface area contributed by atoms with Crippen molar-refractivity contribution in [2.45, 2.75) is 11.4 Å². The highest BCUT2D eigenvalue weighted by atomic mass is 32.2. The van der Waals surface area contributed by atoms with E-state index in [4.69, 9.17) is 10.5 Å². The number of ether oxygens (including phenoxy) is 1. The Morgan fingerprint density at radius 1 is 1.38 bits per heavy atom. The molecule has 2 aromatic rings. The maximum atomic E-state index is 11.9. The average Bonchev–Trinajstić information content (AvgIpc) is 2.81. The molecule has 0 saturated carbocycles. The highest BCUT2D eigenvalue weighted by Crippen LogP contribution is 2.35. The van der Waals surface area contributed by atoms with Gasteiger partial charge in [-0.2, -0.15) is 4.37 Å². The molecule has 0 amide bonds. The first-order chi connectivity index (χ1) is 9.84. The van der Waals surface area contributed by atoms with Gasteiger partial charge in [-0.25, -0.2) is 8.42 Å². The van der Waals surface area contributed by atoms with Crippen LogP contribution in [0.3, 0.4) is 0 Å². The minimum absolute atomic E-state index is 0.0457. The lowest BCUT2D eigenvalue weighted by molar-refractivity contribution is 0.409. The molecule has 1 aromatic carbocycles. The van der Waals surface area contributed by atoms with Crippen LogP contribution in [0, 0.1) is 0 Å². The molecule has 21 heavy (non-hydrogen) atoms. The molecule has 2 rings (SSSR count). The van der Waals surface area contributed by atoms with Gasteiger partial charge >= 0.3 is 0 Å². The predicted molar refractivity (Wildman–Crippen MR) is 84.7 cm³/mol. The fraction of sp³-hybridized carbons (Fsp3) is 0.308. The van der Waals surface area contributed by atoms with Crippen LogP contribution in [0.2, 0.25) is 0 Å². The first-order valence-electron chi connectivity index (χ1n) is 6.13. The molecular formula is C13H17N3O3S2. The second kappa shape index (κ2) is 5.90. The summed E-state index contributed by atoms with van der Waals surface area (Å²) in [5.41, 5.74) is 6.64. The van der Waals surface area contributed by atoms with Crippen LogP contribution in [0.15, 0.2) is 29.2 Å². The van der Waals surface area contributed by atoms with E-state index in [1.54, 1.807) is 14.2 Å². The smallest absolute Gasteiger partial charge is 0.182 e. The molecule has 1 aromatic heterocycles. The third kappa shape index (κ3) is 3.27. The average molecular weight is 327 g/mol. The number of rotatable bonds is 5. The molecule has 2 N–H and O–H groups in total. The third-order valence-corrected chi connectivity index (χ3v) is 5.22. The third-order valence-electron chi connectivity index (χ3n) is 2.97. The Labute approximate surface area is 128 Å². The van der Waals surface area contributed by atoms with Gasteiger partial charge in [-0.15, -0.1) is 0 Å². The van der Waals surface area contributed by atoms with Gasteiger partial charge in [-0.05, 0) is 17.6 Å². The van der Waals surface area contributed by atoms with Crippen molar-refractivity contribution in [1.82, 2.24) is 4.37 Å². The van der Waals surface area contributed by atoms with Crippen molar-refractivity contribution >= 4 is 32.2 Å². The molecule has 0 aliphatic carbocycles. The zero-order chi connectivity index (χ0) is 15.6. The van der Waals surface area contributed by atoms with E-state index >= 15 is 0 Å². The molecule has 0 unspecified atom stereocenters. The van der Waals surface area contributed by atoms with Crippen molar-refractivity contribution in [3.8, 4) is 5.75 Å². The Morgan fingerprint density at radius 2 is 2.05 bits per heavy atom. The van der Waals surface area contributed by atoms with Crippen LogP contribution in [0.4, 0.5) is 10.8 Å². The number of anilines is 2. The summed E-state index contributed by atoms with van der Waals surface area (Å²) in [5, 5.41) is 0.529. The molecule has 8 heteroatoms. The fourth-order valence-corrected chi connectivity index (χ4v) is 4.23. The first kappa shape index (κ1) is 15.6. The fourth-order valence-electron chi connectivity index (χ4n) is 2.04. The largest absolute Gasteiger partial charge is 0.496 e. The monoisotopic (exact) mass is 327 g/mol. The predicted octanol–water partition coefficient (Wildman–Crippen LogP) is 1.77. The van der Waals surface area contributed by atoms with Crippen molar-refractivity contribution in [1.29, 1.82) is 0 Å². The van der Waals surface area contributed by atoms with Gasteiger partial charge in [-0.1, -0.05) is 18.2 Å². The Kier molecular flexibility index (Phi) is 4.38. The van der Waals surface area contributed by atoms with Crippen LogP contribution in [0.1, 0.15) is 5.56 Å². The highest BCUT2D eigenvalue weighted by molar-refractivity contribution is 7.91. The Morgan fingerprint density at radius 3 is 2.67 bits per heavy atom. The number of hydrogen-bond acceptors (Lipinski definition) is 7. The van der Waals surface area contributed by atoms with E-state index in [0.29, 0.717) is 11.5 Å². The zero-order valence-corrected chi connectivity index (χ0v) is 13.7. The summed E-state index contributed by atoms with van der Waals surface area (Å²) >= 11 is 1.07. The van der Waals surface area contributed by atoms with Gasteiger partial charge in [0.25, 0.3) is 0 Å². The van der Waals surface area contributed by atoms with Crippen LogP contribution < -0.4 is 15.4 Å². The molecule has 0 atom stereocenters. The lowest BCUT2D eigenvalue weighted by atomic mass is 10.2. The quantitative estimate of drug-likeness (QED) is 0.901. The lowest BCUT2D eigenvalue weighted by Crippen LogP contribution is -2.18. The summed E-state index contributed by atoms with van der Waals surface area (Å²) in [6.07, 6.45) is 1.13. The number of hydrogen-bond donors (Lipinski definition) is 1. The molecule has 0 saturated heterocycles. The van der Waals surface area contributed by atoms with E-state index in [0.717, 1.165) is 29.1 Å². The number of sulfone groups is 1. The maximum absolute atomic E-state index is 11.9. The van der Waals surface area contributed by atoms with Crippen LogP contribution in [0.25, 0.3) is 0 Å². The van der Waals surface area contributed by atoms with E-state index in [-0.39, 0.29) is 10.7 Å². The second-order valence-corrected chi connectivity index (χ2v) is 7.35. The lowest BCUT2D eigenvalue weighted by Gasteiger charge is -2.19. The summed E-state index contributed by atoms with van der Waals surface area (Å²) in [7, 11) is -0.0215. The summed E-state index contributed by atoms with van der Waals surface area (Å²) in [6.45, 7) is 0.494. The van der Waals surface area contributed by atoms with Crippen LogP contribution in [-0.2, 0) is 16.4 Å². The molecule has 0 fully saturated rings. The topological polar surface area (TPSA) is 85.5 Å². The zero-order valence-electron chi connectivity index (χ0n) is 12.0. The van der Waals surface area contributed by atoms with Crippen molar-refractivity contribution in [3.63, 3.8) is 0 Å². The van der Waals surface area contributed by atoms with E-state index in [1.165, 1.54) is 0 Å². The van der Waals surface area contributed by atoms with Gasteiger partial charge in [0.1, 0.15) is 15.6 Å². The number of nitrogens with zero attached hydrogens (tertiary/aromatic N) is 2. The molecular weight excluding hydrogens is 310 g/mol. The Bertz CT molecular complexity index is 741. The number of benzene rings is 1. The molecule has 114 valence electrons. The minimum Gasteiger partial charge on any atom is -0.496 e. The van der Waals surface area contributed by atoms with Gasteiger partial charge in [0.05, 0.1) is 7.11 Å². The van der Waals surface area contributed by atoms with Crippen molar-refractivity contribution in [3.05, 3.63) is 29.8 Å². The first-order valence-corrected chi connectivity index (χ1v) is 8.79. The van der Waals surface area contributed by atoms with Gasteiger partial charge in [-0.3, -0.25) is 0 Å². The van der Waals surface area contributed by atoms with Crippen molar-refractivity contribution in [2.75, 3.05) is 31.0 Å². The van der Waals surface area contributed by atoms with Gasteiger partial charge in [0.15, 0.2) is 15.7 Å². The molecule has 1 heterocycles. The summed E-state index contributed by atoms with van der Waals surface area (Å²) in [5.74, 6) is 0.798. The SMILES string of the molecule is COc1ccccc1CN(C)c1snc(N)c1S(C)(=O)=O. The molecule has 6 nitrogen and oxygen atoms in total. The summed E-state index contributed by atoms with van der Waals surface area (Å²) < 4.78 is 33.0. The number of nitrogen functional groups attached to an aromatic ring is 1. The van der Waals surface area contributed by atoms with Gasteiger partial charge < -0.3 is 15.4 Å². The highest BCUT2D eigenvalue weighted by Gasteiger charge is 2.24. The molecule has 0 radical (unpaired) electrons. The van der Waals surface area contributed by atoms with E-state index in [2.05, 4.69) is 4.37 Å². The number of nitrogens with two attached hydrogens (primary N) is 1. The van der Waals surface area contributed by atoms with Gasteiger partial charge in [0, 0.05) is 25.4 Å². The minimum atomic E-state index is -3.42. The van der Waals surface area contributed by atoms with Crippen LogP contribution in [0.5, 0.6) is 5.75 Å². The summed E-state index contributed by atoms with van der Waals surface area (Å²) in [4.78, 5) is 1.90. The van der Waals surface area contributed by atoms with E-state index in [1.807, 2.05) is 29.2 Å². The molecule has 0 spiro atoms.